The van der Waals surface area contributed by atoms with E-state index in [0.29, 0.717) is 0 Å². The SMILES string of the molecule is CC(=O)NC1CCN(c2ccc(-c3ccccc3C)cc2)C1. The summed E-state index contributed by atoms with van der Waals surface area (Å²) in [5, 5.41) is 3.01. The van der Waals surface area contributed by atoms with Crippen LogP contribution in [0, 0.1) is 6.92 Å². The maximum atomic E-state index is 11.1. The minimum Gasteiger partial charge on any atom is -0.369 e. The Morgan fingerprint density at radius 3 is 2.55 bits per heavy atom. The zero-order valence-corrected chi connectivity index (χ0v) is 13.2. The molecule has 1 heterocycles. The van der Waals surface area contributed by atoms with E-state index in [9.17, 15) is 4.79 Å². The number of carbonyl (C=O) groups excluding carboxylic acids is 1. The summed E-state index contributed by atoms with van der Waals surface area (Å²) in [6.07, 6.45) is 1.01. The second-order valence-corrected chi connectivity index (χ2v) is 5.99. The molecule has 3 rings (SSSR count). The molecule has 3 nitrogen and oxygen atoms in total. The van der Waals surface area contributed by atoms with Gasteiger partial charge in [0.1, 0.15) is 0 Å². The number of rotatable bonds is 3. The fourth-order valence-corrected chi connectivity index (χ4v) is 3.15. The quantitative estimate of drug-likeness (QED) is 0.941. The molecule has 0 bridgehead atoms. The molecule has 1 atom stereocenters. The molecule has 1 aliphatic heterocycles. The number of benzene rings is 2. The van der Waals surface area contributed by atoms with Crippen LogP contribution in [0.3, 0.4) is 0 Å². The Kier molecular flexibility index (Phi) is 4.14. The van der Waals surface area contributed by atoms with E-state index in [-0.39, 0.29) is 11.9 Å². The van der Waals surface area contributed by atoms with Crippen molar-refractivity contribution in [3.63, 3.8) is 0 Å². The monoisotopic (exact) mass is 294 g/mol. The highest BCUT2D eigenvalue weighted by molar-refractivity contribution is 5.73. The highest BCUT2D eigenvalue weighted by Crippen LogP contribution is 2.27. The minimum absolute atomic E-state index is 0.0572. The van der Waals surface area contributed by atoms with Crippen LogP contribution in [0.2, 0.25) is 0 Å². The van der Waals surface area contributed by atoms with Crippen molar-refractivity contribution in [1.82, 2.24) is 5.32 Å². The molecule has 1 unspecified atom stereocenters. The first kappa shape index (κ1) is 14.6. The maximum absolute atomic E-state index is 11.1. The van der Waals surface area contributed by atoms with E-state index < -0.39 is 0 Å². The van der Waals surface area contributed by atoms with Gasteiger partial charge in [0.25, 0.3) is 0 Å². The molecule has 0 radical (unpaired) electrons. The zero-order valence-electron chi connectivity index (χ0n) is 13.2. The number of hydrogen-bond acceptors (Lipinski definition) is 2. The number of nitrogens with zero attached hydrogens (tertiary/aromatic N) is 1. The molecular formula is C19H22N2O. The van der Waals surface area contributed by atoms with Gasteiger partial charge in [-0.05, 0) is 42.2 Å². The van der Waals surface area contributed by atoms with Crippen LogP contribution in [0.1, 0.15) is 18.9 Å². The predicted molar refractivity (Wildman–Crippen MR) is 91.0 cm³/mol. The van der Waals surface area contributed by atoms with Crippen molar-refractivity contribution in [2.45, 2.75) is 26.3 Å². The summed E-state index contributed by atoms with van der Waals surface area (Å²) in [6.45, 7) is 5.61. The Bertz CT molecular complexity index is 663. The highest BCUT2D eigenvalue weighted by Gasteiger charge is 2.23. The van der Waals surface area contributed by atoms with Gasteiger partial charge in [-0.15, -0.1) is 0 Å². The van der Waals surface area contributed by atoms with Gasteiger partial charge in [-0.25, -0.2) is 0 Å². The summed E-state index contributed by atoms with van der Waals surface area (Å²) in [5.41, 5.74) is 5.05. The van der Waals surface area contributed by atoms with Crippen LogP contribution >= 0.6 is 0 Å². The van der Waals surface area contributed by atoms with Gasteiger partial charge in [0.15, 0.2) is 0 Å². The molecule has 0 spiro atoms. The summed E-state index contributed by atoms with van der Waals surface area (Å²) in [6, 6.07) is 17.4. The molecule has 1 aliphatic rings. The Morgan fingerprint density at radius 1 is 1.14 bits per heavy atom. The molecule has 22 heavy (non-hydrogen) atoms. The highest BCUT2D eigenvalue weighted by atomic mass is 16.1. The zero-order chi connectivity index (χ0) is 15.5. The van der Waals surface area contributed by atoms with Crippen LogP contribution < -0.4 is 10.2 Å². The van der Waals surface area contributed by atoms with Gasteiger partial charge >= 0.3 is 0 Å². The lowest BCUT2D eigenvalue weighted by Gasteiger charge is -2.19. The number of hydrogen-bond donors (Lipinski definition) is 1. The number of anilines is 1. The third-order valence-corrected chi connectivity index (χ3v) is 4.28. The largest absolute Gasteiger partial charge is 0.369 e. The van der Waals surface area contributed by atoms with E-state index in [1.54, 1.807) is 6.92 Å². The summed E-state index contributed by atoms with van der Waals surface area (Å²) < 4.78 is 0. The average Bonchev–Trinajstić information content (AvgIpc) is 2.96. The first-order chi connectivity index (χ1) is 10.6. The molecular weight excluding hydrogens is 272 g/mol. The van der Waals surface area contributed by atoms with Gasteiger partial charge in [-0.2, -0.15) is 0 Å². The van der Waals surface area contributed by atoms with E-state index in [4.69, 9.17) is 0 Å². The minimum atomic E-state index is 0.0572. The van der Waals surface area contributed by atoms with Crippen molar-refractivity contribution >= 4 is 11.6 Å². The predicted octanol–water partition coefficient (Wildman–Crippen LogP) is 3.38. The number of nitrogens with one attached hydrogen (secondary N) is 1. The molecule has 0 aromatic heterocycles. The molecule has 1 N–H and O–H groups in total. The van der Waals surface area contributed by atoms with Crippen molar-refractivity contribution in [2.75, 3.05) is 18.0 Å². The fraction of sp³-hybridized carbons (Fsp3) is 0.316. The lowest BCUT2D eigenvalue weighted by atomic mass is 10.0. The van der Waals surface area contributed by atoms with Crippen molar-refractivity contribution in [1.29, 1.82) is 0 Å². The van der Waals surface area contributed by atoms with Crippen LogP contribution in [0.15, 0.2) is 48.5 Å². The fourth-order valence-electron chi connectivity index (χ4n) is 3.15. The molecule has 1 saturated heterocycles. The van der Waals surface area contributed by atoms with E-state index in [2.05, 4.69) is 65.7 Å². The number of aryl methyl sites for hydroxylation is 1. The van der Waals surface area contributed by atoms with E-state index in [0.717, 1.165) is 19.5 Å². The third kappa shape index (κ3) is 3.14. The molecule has 2 aromatic carbocycles. The van der Waals surface area contributed by atoms with Gasteiger partial charge in [-0.3, -0.25) is 4.79 Å². The van der Waals surface area contributed by atoms with Crippen molar-refractivity contribution in [2.24, 2.45) is 0 Å². The topological polar surface area (TPSA) is 32.3 Å². The van der Waals surface area contributed by atoms with Crippen molar-refractivity contribution in [3.8, 4) is 11.1 Å². The van der Waals surface area contributed by atoms with Gasteiger partial charge in [0.05, 0.1) is 0 Å². The van der Waals surface area contributed by atoms with Crippen LogP contribution in [0.4, 0.5) is 5.69 Å². The van der Waals surface area contributed by atoms with Gasteiger partial charge < -0.3 is 10.2 Å². The standard InChI is InChI=1S/C19H22N2O/c1-14-5-3-4-6-19(14)16-7-9-18(10-8-16)21-12-11-17(13-21)20-15(2)22/h3-10,17H,11-13H2,1-2H3,(H,20,22). The molecule has 0 saturated carbocycles. The molecule has 114 valence electrons. The van der Waals surface area contributed by atoms with E-state index in [1.165, 1.54) is 22.4 Å². The Labute approximate surface area is 132 Å². The number of amides is 1. The smallest absolute Gasteiger partial charge is 0.217 e. The average molecular weight is 294 g/mol. The molecule has 1 amide bonds. The third-order valence-electron chi connectivity index (χ3n) is 4.28. The summed E-state index contributed by atoms with van der Waals surface area (Å²) in [5.74, 6) is 0.0572. The lowest BCUT2D eigenvalue weighted by Crippen LogP contribution is -2.35. The lowest BCUT2D eigenvalue weighted by molar-refractivity contribution is -0.119. The second kappa shape index (κ2) is 6.22. The van der Waals surface area contributed by atoms with Crippen LogP contribution in [-0.4, -0.2) is 25.0 Å². The first-order valence-corrected chi connectivity index (χ1v) is 7.81. The van der Waals surface area contributed by atoms with Gasteiger partial charge in [0.2, 0.25) is 5.91 Å². The van der Waals surface area contributed by atoms with E-state index in [1.807, 2.05) is 0 Å². The van der Waals surface area contributed by atoms with Gasteiger partial charge in [0, 0.05) is 31.7 Å². The van der Waals surface area contributed by atoms with E-state index >= 15 is 0 Å². The number of carbonyl (C=O) groups is 1. The van der Waals surface area contributed by atoms with Crippen LogP contribution in [0.25, 0.3) is 11.1 Å². The molecule has 3 heteroatoms. The first-order valence-electron chi connectivity index (χ1n) is 7.81. The maximum Gasteiger partial charge on any atom is 0.217 e. The van der Waals surface area contributed by atoms with Crippen LogP contribution in [0.5, 0.6) is 0 Å². The summed E-state index contributed by atoms with van der Waals surface area (Å²) >= 11 is 0. The van der Waals surface area contributed by atoms with Gasteiger partial charge in [-0.1, -0.05) is 36.4 Å². The molecule has 0 aliphatic carbocycles. The molecule has 1 fully saturated rings. The van der Waals surface area contributed by atoms with Crippen molar-refractivity contribution < 1.29 is 4.79 Å². The normalized spacial score (nSPS) is 17.5. The second-order valence-electron chi connectivity index (χ2n) is 5.99. The Morgan fingerprint density at radius 2 is 1.86 bits per heavy atom. The van der Waals surface area contributed by atoms with Crippen LogP contribution in [-0.2, 0) is 4.79 Å². The van der Waals surface area contributed by atoms with Crippen molar-refractivity contribution in [3.05, 3.63) is 54.1 Å². The Balaban J connectivity index is 1.73. The summed E-state index contributed by atoms with van der Waals surface area (Å²) in [7, 11) is 0. The molecule has 2 aromatic rings. The Hall–Kier alpha value is -2.29. The summed E-state index contributed by atoms with van der Waals surface area (Å²) in [4.78, 5) is 13.5.